The molecule has 1 aliphatic heterocycles. The fraction of sp³-hybridized carbons (Fsp3) is 0.316. The summed E-state index contributed by atoms with van der Waals surface area (Å²) in [5.74, 6) is 0.767. The van der Waals surface area contributed by atoms with Crippen molar-refractivity contribution in [3.63, 3.8) is 0 Å². The molecule has 0 aliphatic carbocycles. The topological polar surface area (TPSA) is 63.2 Å². The van der Waals surface area contributed by atoms with Gasteiger partial charge in [-0.1, -0.05) is 41.7 Å². The average Bonchev–Trinajstić information content (AvgIpc) is 3.05. The summed E-state index contributed by atoms with van der Waals surface area (Å²) in [6.07, 6.45) is 1.57. The summed E-state index contributed by atoms with van der Waals surface area (Å²) in [6, 6.07) is 12.3. The minimum absolute atomic E-state index is 0.767. The van der Waals surface area contributed by atoms with Gasteiger partial charge in [0.1, 0.15) is 12.1 Å². The van der Waals surface area contributed by atoms with Crippen LogP contribution in [0.3, 0.4) is 0 Å². The number of ether oxygens (including phenoxy) is 1. The predicted molar refractivity (Wildman–Crippen MR) is 104 cm³/mol. The number of morpholine rings is 1. The van der Waals surface area contributed by atoms with E-state index in [9.17, 15) is 0 Å². The highest BCUT2D eigenvalue weighted by molar-refractivity contribution is 7.16. The Morgan fingerprint density at radius 1 is 1.15 bits per heavy atom. The number of anilines is 2. The number of rotatable bonds is 5. The van der Waals surface area contributed by atoms with Gasteiger partial charge < -0.3 is 10.1 Å². The number of aromatic nitrogens is 3. The van der Waals surface area contributed by atoms with Crippen LogP contribution >= 0.6 is 11.3 Å². The molecule has 0 radical (unpaired) electrons. The maximum atomic E-state index is 5.47. The van der Waals surface area contributed by atoms with E-state index in [0.29, 0.717) is 0 Å². The fourth-order valence-corrected chi connectivity index (χ4v) is 3.96. The first-order valence-electron chi connectivity index (χ1n) is 8.69. The van der Waals surface area contributed by atoms with Crippen LogP contribution in [0.15, 0.2) is 42.7 Å². The van der Waals surface area contributed by atoms with Crippen molar-refractivity contribution in [1.82, 2.24) is 19.9 Å². The second-order valence-corrected chi connectivity index (χ2v) is 7.30. The number of nitrogens with zero attached hydrogens (tertiary/aromatic N) is 4. The molecule has 0 saturated carbocycles. The number of aryl methyl sites for hydroxylation is 1. The van der Waals surface area contributed by atoms with E-state index in [-0.39, 0.29) is 0 Å². The lowest BCUT2D eigenvalue weighted by Gasteiger charge is -2.26. The normalized spacial score (nSPS) is 15.1. The molecule has 1 fully saturated rings. The minimum Gasteiger partial charge on any atom is -0.379 e. The first-order valence-corrected chi connectivity index (χ1v) is 9.50. The van der Waals surface area contributed by atoms with Crippen molar-refractivity contribution in [3.8, 4) is 11.3 Å². The van der Waals surface area contributed by atoms with Crippen LogP contribution in [-0.4, -0.2) is 46.2 Å². The van der Waals surface area contributed by atoms with Crippen molar-refractivity contribution in [2.75, 3.05) is 31.6 Å². The zero-order chi connectivity index (χ0) is 17.8. The van der Waals surface area contributed by atoms with Crippen LogP contribution < -0.4 is 5.32 Å². The molecule has 2 aromatic heterocycles. The Balaban J connectivity index is 1.63. The number of benzene rings is 1. The molecule has 0 spiro atoms. The SMILES string of the molecule is Cc1cc(Nc2nc(-c3ccccc3)c(CN3CCOCC3)s2)ncn1. The van der Waals surface area contributed by atoms with Crippen molar-refractivity contribution in [2.24, 2.45) is 0 Å². The van der Waals surface area contributed by atoms with E-state index in [4.69, 9.17) is 9.72 Å². The van der Waals surface area contributed by atoms with Crippen LogP contribution in [0.4, 0.5) is 10.9 Å². The molecule has 1 aromatic carbocycles. The van der Waals surface area contributed by atoms with Gasteiger partial charge in [0.15, 0.2) is 5.13 Å². The third kappa shape index (κ3) is 4.07. The highest BCUT2D eigenvalue weighted by Gasteiger charge is 2.18. The van der Waals surface area contributed by atoms with Crippen molar-refractivity contribution >= 4 is 22.3 Å². The first kappa shape index (κ1) is 17.1. The molecule has 6 nitrogen and oxygen atoms in total. The summed E-state index contributed by atoms with van der Waals surface area (Å²) in [7, 11) is 0. The highest BCUT2D eigenvalue weighted by atomic mass is 32.1. The second-order valence-electron chi connectivity index (χ2n) is 6.21. The van der Waals surface area contributed by atoms with Gasteiger partial charge >= 0.3 is 0 Å². The minimum atomic E-state index is 0.767. The third-order valence-electron chi connectivity index (χ3n) is 4.25. The highest BCUT2D eigenvalue weighted by Crippen LogP contribution is 2.33. The molecule has 0 amide bonds. The summed E-state index contributed by atoms with van der Waals surface area (Å²) < 4.78 is 5.47. The smallest absolute Gasteiger partial charge is 0.189 e. The predicted octanol–water partition coefficient (Wildman–Crippen LogP) is 3.48. The molecular formula is C19H21N5OS. The molecule has 7 heteroatoms. The lowest BCUT2D eigenvalue weighted by atomic mass is 10.1. The summed E-state index contributed by atoms with van der Waals surface area (Å²) in [5, 5.41) is 4.18. The maximum Gasteiger partial charge on any atom is 0.189 e. The van der Waals surface area contributed by atoms with Crippen LogP contribution in [0.25, 0.3) is 11.3 Å². The van der Waals surface area contributed by atoms with Crippen LogP contribution in [0.1, 0.15) is 10.6 Å². The van der Waals surface area contributed by atoms with Gasteiger partial charge in [0, 0.05) is 41.8 Å². The molecule has 1 N–H and O–H groups in total. The molecule has 1 saturated heterocycles. The average molecular weight is 367 g/mol. The summed E-state index contributed by atoms with van der Waals surface area (Å²) in [6.45, 7) is 6.35. The number of thiazole rings is 1. The van der Waals surface area contributed by atoms with Crippen LogP contribution in [0, 0.1) is 6.92 Å². The monoisotopic (exact) mass is 367 g/mol. The quantitative estimate of drug-likeness (QED) is 0.745. The lowest BCUT2D eigenvalue weighted by Crippen LogP contribution is -2.35. The van der Waals surface area contributed by atoms with E-state index in [1.165, 1.54) is 4.88 Å². The van der Waals surface area contributed by atoms with Gasteiger partial charge in [0.2, 0.25) is 0 Å². The fourth-order valence-electron chi connectivity index (χ4n) is 2.93. The third-order valence-corrected chi connectivity index (χ3v) is 5.21. The Hall–Kier alpha value is -2.35. The molecule has 0 unspecified atom stereocenters. The molecule has 1 aliphatic rings. The number of hydrogen-bond donors (Lipinski definition) is 1. The van der Waals surface area contributed by atoms with Gasteiger partial charge in [-0.3, -0.25) is 4.90 Å². The molecule has 4 rings (SSSR count). The molecular weight excluding hydrogens is 346 g/mol. The van der Waals surface area contributed by atoms with Crippen molar-refractivity contribution in [1.29, 1.82) is 0 Å². The van der Waals surface area contributed by atoms with Gasteiger partial charge in [0.25, 0.3) is 0 Å². The van der Waals surface area contributed by atoms with E-state index >= 15 is 0 Å². The van der Waals surface area contributed by atoms with E-state index < -0.39 is 0 Å². The van der Waals surface area contributed by atoms with Gasteiger partial charge in [-0.25, -0.2) is 15.0 Å². The molecule has 3 heterocycles. The lowest BCUT2D eigenvalue weighted by molar-refractivity contribution is 0.0347. The van der Waals surface area contributed by atoms with E-state index in [1.54, 1.807) is 17.7 Å². The van der Waals surface area contributed by atoms with E-state index in [0.717, 1.165) is 60.7 Å². The van der Waals surface area contributed by atoms with Gasteiger partial charge in [-0.2, -0.15) is 0 Å². The van der Waals surface area contributed by atoms with E-state index in [2.05, 4.69) is 32.3 Å². The maximum absolute atomic E-state index is 5.47. The van der Waals surface area contributed by atoms with Crippen LogP contribution in [0.5, 0.6) is 0 Å². The van der Waals surface area contributed by atoms with Crippen LogP contribution in [-0.2, 0) is 11.3 Å². The standard InChI is InChI=1S/C19H21N5OS/c1-14-11-17(21-13-20-14)22-19-23-18(15-5-3-2-4-6-15)16(26-19)12-24-7-9-25-10-8-24/h2-6,11,13H,7-10,12H2,1H3,(H,20,21,22,23). The molecule has 0 bridgehead atoms. The number of nitrogens with one attached hydrogen (secondary N) is 1. The Morgan fingerprint density at radius 2 is 1.96 bits per heavy atom. The first-order chi connectivity index (χ1) is 12.8. The van der Waals surface area contributed by atoms with Gasteiger partial charge in [0.05, 0.1) is 18.9 Å². The van der Waals surface area contributed by atoms with Crippen LogP contribution in [0.2, 0.25) is 0 Å². The zero-order valence-electron chi connectivity index (χ0n) is 14.7. The van der Waals surface area contributed by atoms with Gasteiger partial charge in [-0.15, -0.1) is 0 Å². The Morgan fingerprint density at radius 3 is 2.73 bits per heavy atom. The molecule has 26 heavy (non-hydrogen) atoms. The number of hydrogen-bond acceptors (Lipinski definition) is 7. The summed E-state index contributed by atoms with van der Waals surface area (Å²) >= 11 is 1.68. The van der Waals surface area contributed by atoms with Crippen molar-refractivity contribution in [3.05, 3.63) is 53.3 Å². The second kappa shape index (κ2) is 7.90. The summed E-state index contributed by atoms with van der Waals surface area (Å²) in [5.41, 5.74) is 3.10. The van der Waals surface area contributed by atoms with Crippen molar-refractivity contribution in [2.45, 2.75) is 13.5 Å². The summed E-state index contributed by atoms with van der Waals surface area (Å²) in [4.78, 5) is 17.0. The van der Waals surface area contributed by atoms with E-state index in [1.807, 2.05) is 31.2 Å². The molecule has 0 atom stereocenters. The largest absolute Gasteiger partial charge is 0.379 e. The van der Waals surface area contributed by atoms with Gasteiger partial charge in [-0.05, 0) is 6.92 Å². The molecule has 134 valence electrons. The molecule has 3 aromatic rings. The Bertz CT molecular complexity index is 861. The Kier molecular flexibility index (Phi) is 5.19. The van der Waals surface area contributed by atoms with Crippen molar-refractivity contribution < 1.29 is 4.74 Å². The zero-order valence-corrected chi connectivity index (χ0v) is 15.5. The Labute approximate surface area is 156 Å².